The number of hydrogen-bond acceptors (Lipinski definition) is 2. The molecule has 1 rings (SSSR count). The van der Waals surface area contributed by atoms with Crippen molar-refractivity contribution >= 4 is 5.91 Å². The SMILES string of the molecule is CCNCC(C)C(=O)N1CCCCCC1C. The van der Waals surface area contributed by atoms with Crippen LogP contribution < -0.4 is 5.32 Å². The van der Waals surface area contributed by atoms with Gasteiger partial charge in [-0.15, -0.1) is 0 Å². The van der Waals surface area contributed by atoms with E-state index in [1.54, 1.807) is 0 Å². The lowest BCUT2D eigenvalue weighted by molar-refractivity contribution is -0.136. The van der Waals surface area contributed by atoms with Crippen molar-refractivity contribution in [2.75, 3.05) is 19.6 Å². The van der Waals surface area contributed by atoms with E-state index in [9.17, 15) is 4.79 Å². The summed E-state index contributed by atoms with van der Waals surface area (Å²) in [4.78, 5) is 14.3. The van der Waals surface area contributed by atoms with Crippen LogP contribution in [-0.2, 0) is 4.79 Å². The molecule has 0 aromatic rings. The van der Waals surface area contributed by atoms with Gasteiger partial charge in [0.2, 0.25) is 5.91 Å². The topological polar surface area (TPSA) is 32.3 Å². The predicted molar refractivity (Wildman–Crippen MR) is 67.4 cm³/mol. The molecule has 0 aromatic heterocycles. The zero-order valence-corrected chi connectivity index (χ0v) is 11.0. The molecule has 0 saturated carbocycles. The van der Waals surface area contributed by atoms with Gasteiger partial charge >= 0.3 is 0 Å². The minimum Gasteiger partial charge on any atom is -0.340 e. The van der Waals surface area contributed by atoms with Crippen LogP contribution in [0.1, 0.15) is 46.5 Å². The van der Waals surface area contributed by atoms with E-state index in [1.807, 2.05) is 6.92 Å². The van der Waals surface area contributed by atoms with Gasteiger partial charge in [0.25, 0.3) is 0 Å². The van der Waals surface area contributed by atoms with Crippen LogP contribution in [0.25, 0.3) is 0 Å². The van der Waals surface area contributed by atoms with Crippen LogP contribution in [0.2, 0.25) is 0 Å². The van der Waals surface area contributed by atoms with Gasteiger partial charge in [-0.3, -0.25) is 4.79 Å². The Morgan fingerprint density at radius 1 is 1.44 bits per heavy atom. The van der Waals surface area contributed by atoms with E-state index in [0.29, 0.717) is 11.9 Å². The first-order chi connectivity index (χ1) is 7.66. The van der Waals surface area contributed by atoms with Crippen molar-refractivity contribution in [3.63, 3.8) is 0 Å². The molecule has 1 amide bonds. The van der Waals surface area contributed by atoms with Crippen molar-refractivity contribution in [1.82, 2.24) is 10.2 Å². The van der Waals surface area contributed by atoms with E-state index in [2.05, 4.69) is 24.1 Å². The third-order valence-electron chi connectivity index (χ3n) is 3.46. The molecule has 1 aliphatic heterocycles. The summed E-state index contributed by atoms with van der Waals surface area (Å²) >= 11 is 0. The van der Waals surface area contributed by atoms with Crippen molar-refractivity contribution < 1.29 is 4.79 Å². The van der Waals surface area contributed by atoms with Crippen LogP contribution in [0.3, 0.4) is 0 Å². The number of hydrogen-bond donors (Lipinski definition) is 1. The highest BCUT2D eigenvalue weighted by molar-refractivity contribution is 5.79. The summed E-state index contributed by atoms with van der Waals surface area (Å²) in [6, 6.07) is 0.430. The third-order valence-corrected chi connectivity index (χ3v) is 3.46. The monoisotopic (exact) mass is 226 g/mol. The molecular weight excluding hydrogens is 200 g/mol. The third kappa shape index (κ3) is 3.78. The Labute approximate surface area is 99.6 Å². The Kier molecular flexibility index (Phi) is 5.81. The van der Waals surface area contributed by atoms with Crippen LogP contribution in [0.5, 0.6) is 0 Å². The number of nitrogens with one attached hydrogen (secondary N) is 1. The first kappa shape index (κ1) is 13.5. The highest BCUT2D eigenvalue weighted by Gasteiger charge is 2.25. The highest BCUT2D eigenvalue weighted by Crippen LogP contribution is 2.18. The van der Waals surface area contributed by atoms with E-state index < -0.39 is 0 Å². The summed E-state index contributed by atoms with van der Waals surface area (Å²) in [6.07, 6.45) is 4.88. The second-order valence-electron chi connectivity index (χ2n) is 4.94. The predicted octanol–water partition coefficient (Wildman–Crippen LogP) is 2.02. The maximum atomic E-state index is 12.3. The molecule has 0 aromatic carbocycles. The van der Waals surface area contributed by atoms with E-state index >= 15 is 0 Å². The number of carbonyl (C=O) groups excluding carboxylic acids is 1. The largest absolute Gasteiger partial charge is 0.340 e. The maximum absolute atomic E-state index is 12.3. The first-order valence-electron chi connectivity index (χ1n) is 6.68. The van der Waals surface area contributed by atoms with Crippen LogP contribution in [0, 0.1) is 5.92 Å². The number of carbonyl (C=O) groups is 1. The fourth-order valence-electron chi connectivity index (χ4n) is 2.33. The fraction of sp³-hybridized carbons (Fsp3) is 0.923. The van der Waals surface area contributed by atoms with E-state index in [-0.39, 0.29) is 5.92 Å². The maximum Gasteiger partial charge on any atom is 0.226 e. The van der Waals surface area contributed by atoms with Crippen LogP contribution in [0.4, 0.5) is 0 Å². The molecule has 3 nitrogen and oxygen atoms in total. The summed E-state index contributed by atoms with van der Waals surface area (Å²) in [5, 5.41) is 3.25. The Balaban J connectivity index is 2.49. The molecule has 0 spiro atoms. The Hall–Kier alpha value is -0.570. The lowest BCUT2D eigenvalue weighted by Crippen LogP contribution is -2.43. The Bertz CT molecular complexity index is 218. The minimum atomic E-state index is 0.112. The van der Waals surface area contributed by atoms with Gasteiger partial charge in [0.1, 0.15) is 0 Å². The molecule has 1 aliphatic rings. The number of amides is 1. The average molecular weight is 226 g/mol. The molecule has 2 atom stereocenters. The van der Waals surface area contributed by atoms with Crippen molar-refractivity contribution in [1.29, 1.82) is 0 Å². The molecule has 16 heavy (non-hydrogen) atoms. The van der Waals surface area contributed by atoms with Gasteiger partial charge in [-0.25, -0.2) is 0 Å². The highest BCUT2D eigenvalue weighted by atomic mass is 16.2. The van der Waals surface area contributed by atoms with Crippen LogP contribution >= 0.6 is 0 Å². The molecule has 94 valence electrons. The van der Waals surface area contributed by atoms with Gasteiger partial charge in [-0.1, -0.05) is 26.7 Å². The normalized spacial score (nSPS) is 23.9. The lowest BCUT2D eigenvalue weighted by Gasteiger charge is -2.30. The quantitative estimate of drug-likeness (QED) is 0.795. The zero-order valence-electron chi connectivity index (χ0n) is 11.0. The number of likely N-dealkylation sites (tertiary alicyclic amines) is 1. The summed E-state index contributed by atoms with van der Waals surface area (Å²) < 4.78 is 0. The molecule has 1 heterocycles. The van der Waals surface area contributed by atoms with Gasteiger partial charge in [0.15, 0.2) is 0 Å². The van der Waals surface area contributed by atoms with Gasteiger partial charge in [-0.05, 0) is 26.3 Å². The Morgan fingerprint density at radius 2 is 2.19 bits per heavy atom. The van der Waals surface area contributed by atoms with Crippen molar-refractivity contribution in [2.45, 2.75) is 52.5 Å². The van der Waals surface area contributed by atoms with Crippen LogP contribution in [0.15, 0.2) is 0 Å². The van der Waals surface area contributed by atoms with Crippen LogP contribution in [-0.4, -0.2) is 36.5 Å². The molecule has 0 radical (unpaired) electrons. The fourth-order valence-corrected chi connectivity index (χ4v) is 2.33. The standard InChI is InChI=1S/C13H26N2O/c1-4-14-10-11(2)13(16)15-9-7-5-6-8-12(15)3/h11-12,14H,4-10H2,1-3H3. The van der Waals surface area contributed by atoms with Gasteiger partial charge in [-0.2, -0.15) is 0 Å². The summed E-state index contributed by atoms with van der Waals surface area (Å²) in [5.74, 6) is 0.441. The molecule has 0 bridgehead atoms. The molecule has 1 fully saturated rings. The minimum absolute atomic E-state index is 0.112. The van der Waals surface area contributed by atoms with E-state index in [4.69, 9.17) is 0 Å². The number of nitrogens with zero attached hydrogens (tertiary/aromatic N) is 1. The molecule has 2 unspecified atom stereocenters. The molecular formula is C13H26N2O. The summed E-state index contributed by atoms with van der Waals surface area (Å²) in [5.41, 5.74) is 0. The average Bonchev–Trinajstić information content (AvgIpc) is 2.49. The first-order valence-corrected chi connectivity index (χ1v) is 6.68. The molecule has 3 heteroatoms. The zero-order chi connectivity index (χ0) is 12.0. The Morgan fingerprint density at radius 3 is 2.88 bits per heavy atom. The lowest BCUT2D eigenvalue weighted by atomic mass is 10.1. The summed E-state index contributed by atoms with van der Waals surface area (Å²) in [7, 11) is 0. The second kappa shape index (κ2) is 6.89. The van der Waals surface area contributed by atoms with E-state index in [0.717, 1.165) is 19.6 Å². The van der Waals surface area contributed by atoms with E-state index in [1.165, 1.54) is 25.7 Å². The smallest absolute Gasteiger partial charge is 0.226 e. The van der Waals surface area contributed by atoms with Gasteiger partial charge < -0.3 is 10.2 Å². The van der Waals surface area contributed by atoms with Gasteiger partial charge in [0, 0.05) is 25.0 Å². The van der Waals surface area contributed by atoms with Crippen molar-refractivity contribution in [3.05, 3.63) is 0 Å². The van der Waals surface area contributed by atoms with Crippen molar-refractivity contribution in [3.8, 4) is 0 Å². The molecule has 1 N–H and O–H groups in total. The van der Waals surface area contributed by atoms with Crippen molar-refractivity contribution in [2.24, 2.45) is 5.92 Å². The molecule has 0 aliphatic carbocycles. The molecule has 1 saturated heterocycles. The number of rotatable bonds is 4. The van der Waals surface area contributed by atoms with Gasteiger partial charge in [0.05, 0.1) is 0 Å². The second-order valence-corrected chi connectivity index (χ2v) is 4.94. The summed E-state index contributed by atoms with van der Waals surface area (Å²) in [6.45, 7) is 8.99.